The molecular weight excluding hydrogens is 154 g/mol. The van der Waals surface area contributed by atoms with Gasteiger partial charge in [0.25, 0.3) is 0 Å². The van der Waals surface area contributed by atoms with Crippen LogP contribution in [0.3, 0.4) is 0 Å². The first kappa shape index (κ1) is 9.26. The molecule has 0 bridgehead atoms. The minimum Gasteiger partial charge on any atom is -0.392 e. The lowest BCUT2D eigenvalue weighted by atomic mass is 9.48. The van der Waals surface area contributed by atoms with E-state index < -0.39 is 0 Å². The number of halogens is 1. The first-order valence-electron chi connectivity index (χ1n) is 4.04. The smallest absolute Gasteiger partial charge is 0.170 e. The molecule has 0 amide bonds. The van der Waals surface area contributed by atoms with Crippen molar-refractivity contribution in [2.24, 2.45) is 0 Å². The molecule has 0 fully saturated rings. The van der Waals surface area contributed by atoms with E-state index in [0.717, 1.165) is 5.46 Å². The largest absolute Gasteiger partial charge is 0.392 e. The van der Waals surface area contributed by atoms with Crippen molar-refractivity contribution in [3.05, 3.63) is 29.6 Å². The van der Waals surface area contributed by atoms with Crippen LogP contribution in [0.4, 0.5) is 4.39 Å². The Kier molecular flexibility index (Phi) is 2.87. The lowest BCUT2D eigenvalue weighted by molar-refractivity contribution is 0.282. The fourth-order valence-electron chi connectivity index (χ4n) is 1.27. The molecule has 1 nitrogen and oxygen atoms in total. The topological polar surface area (TPSA) is 20.2 Å². The highest BCUT2D eigenvalue weighted by Crippen LogP contribution is 2.02. The van der Waals surface area contributed by atoms with Crippen LogP contribution in [0.1, 0.15) is 5.56 Å². The Morgan fingerprint density at radius 3 is 2.58 bits per heavy atom. The predicted octanol–water partition coefficient (Wildman–Crippen LogP) is 1.28. The second-order valence-electron chi connectivity index (χ2n) is 3.16. The lowest BCUT2D eigenvalue weighted by Crippen LogP contribution is -2.26. The lowest BCUT2D eigenvalue weighted by Gasteiger charge is -2.08. The van der Waals surface area contributed by atoms with E-state index >= 15 is 0 Å². The standard InChI is InChI=1S/C9H12BFO/c1-10(2)9-4-3-8(11)5-7(9)6-12/h3-5,12H,6H2,1-2H3. The Morgan fingerprint density at radius 2 is 2.08 bits per heavy atom. The van der Waals surface area contributed by atoms with Crippen LogP contribution in [0, 0.1) is 5.82 Å². The Labute approximate surface area is 72.3 Å². The highest BCUT2D eigenvalue weighted by atomic mass is 19.1. The summed E-state index contributed by atoms with van der Waals surface area (Å²) >= 11 is 0. The van der Waals surface area contributed by atoms with E-state index in [1.165, 1.54) is 12.1 Å². The minimum atomic E-state index is -0.288. The fourth-order valence-corrected chi connectivity index (χ4v) is 1.27. The molecular formula is C9H12BFO. The van der Waals surface area contributed by atoms with Gasteiger partial charge in [-0.05, 0) is 17.7 Å². The van der Waals surface area contributed by atoms with Crippen molar-refractivity contribution >= 4 is 12.2 Å². The maximum Gasteiger partial charge on any atom is 0.170 e. The Bertz CT molecular complexity index is 273. The van der Waals surface area contributed by atoms with E-state index in [-0.39, 0.29) is 12.4 Å². The van der Waals surface area contributed by atoms with Crippen molar-refractivity contribution in [1.82, 2.24) is 0 Å². The summed E-state index contributed by atoms with van der Waals surface area (Å²) in [6.45, 7) is 4.28. The summed E-state index contributed by atoms with van der Waals surface area (Å²) in [5.74, 6) is -0.288. The van der Waals surface area contributed by atoms with Crippen molar-refractivity contribution < 1.29 is 9.50 Å². The molecule has 1 rings (SSSR count). The van der Waals surface area contributed by atoms with Crippen molar-refractivity contribution in [2.45, 2.75) is 20.3 Å². The first-order valence-corrected chi connectivity index (χ1v) is 4.04. The van der Waals surface area contributed by atoms with Crippen LogP contribution < -0.4 is 5.46 Å². The Balaban J connectivity index is 3.11. The van der Waals surface area contributed by atoms with Gasteiger partial charge in [-0.2, -0.15) is 0 Å². The van der Waals surface area contributed by atoms with E-state index in [2.05, 4.69) is 0 Å². The third kappa shape index (κ3) is 1.86. The molecule has 0 aromatic heterocycles. The first-order chi connectivity index (χ1) is 5.65. The normalized spacial score (nSPS) is 10.0. The molecule has 0 aliphatic rings. The molecule has 64 valence electrons. The maximum atomic E-state index is 12.7. The number of benzene rings is 1. The number of aliphatic hydroxyl groups excluding tert-OH is 1. The van der Waals surface area contributed by atoms with E-state index in [4.69, 9.17) is 5.11 Å². The summed E-state index contributed by atoms with van der Waals surface area (Å²) in [6, 6.07) is 4.54. The fraction of sp³-hybridized carbons (Fsp3) is 0.333. The molecule has 1 aromatic carbocycles. The van der Waals surface area contributed by atoms with Gasteiger partial charge >= 0.3 is 0 Å². The van der Waals surface area contributed by atoms with Crippen LogP contribution in [0.25, 0.3) is 0 Å². The van der Waals surface area contributed by atoms with Gasteiger partial charge in [-0.25, -0.2) is 4.39 Å². The number of hydrogen-bond acceptors (Lipinski definition) is 1. The van der Waals surface area contributed by atoms with Crippen LogP contribution in [0.5, 0.6) is 0 Å². The van der Waals surface area contributed by atoms with Crippen molar-refractivity contribution in [3.63, 3.8) is 0 Å². The highest BCUT2D eigenvalue weighted by Gasteiger charge is 2.08. The summed E-state index contributed by atoms with van der Waals surface area (Å²) in [5.41, 5.74) is 1.70. The zero-order valence-electron chi connectivity index (χ0n) is 7.34. The molecule has 0 heterocycles. The van der Waals surface area contributed by atoms with Gasteiger partial charge in [0.2, 0.25) is 0 Å². The SMILES string of the molecule is CB(C)c1ccc(F)cc1CO. The zero-order valence-corrected chi connectivity index (χ0v) is 7.34. The second-order valence-corrected chi connectivity index (χ2v) is 3.16. The zero-order chi connectivity index (χ0) is 9.14. The second kappa shape index (κ2) is 3.72. The average molecular weight is 166 g/mol. The monoisotopic (exact) mass is 166 g/mol. The summed E-state index contributed by atoms with van der Waals surface area (Å²) in [5, 5.41) is 8.93. The molecule has 0 unspecified atom stereocenters. The van der Waals surface area contributed by atoms with Crippen LogP contribution in [-0.4, -0.2) is 11.8 Å². The van der Waals surface area contributed by atoms with Crippen LogP contribution in [-0.2, 0) is 6.61 Å². The van der Waals surface area contributed by atoms with Crippen molar-refractivity contribution in [1.29, 1.82) is 0 Å². The van der Waals surface area contributed by atoms with Gasteiger partial charge in [-0.1, -0.05) is 25.2 Å². The number of aliphatic hydroxyl groups is 1. The van der Waals surface area contributed by atoms with Gasteiger partial charge in [-0.3, -0.25) is 0 Å². The Hall–Kier alpha value is -0.825. The molecule has 1 aromatic rings. The van der Waals surface area contributed by atoms with Crippen molar-refractivity contribution in [3.8, 4) is 0 Å². The molecule has 0 aliphatic heterocycles. The van der Waals surface area contributed by atoms with Gasteiger partial charge in [0.1, 0.15) is 5.82 Å². The van der Waals surface area contributed by atoms with Gasteiger partial charge in [0.15, 0.2) is 6.71 Å². The molecule has 0 saturated carbocycles. The van der Waals surface area contributed by atoms with E-state index in [1.807, 2.05) is 13.6 Å². The van der Waals surface area contributed by atoms with Crippen LogP contribution in [0.2, 0.25) is 13.6 Å². The van der Waals surface area contributed by atoms with E-state index in [1.54, 1.807) is 6.07 Å². The molecule has 0 saturated heterocycles. The van der Waals surface area contributed by atoms with Gasteiger partial charge in [0.05, 0.1) is 6.61 Å². The molecule has 0 radical (unpaired) electrons. The summed E-state index contributed by atoms with van der Waals surface area (Å²) in [7, 11) is 0. The summed E-state index contributed by atoms with van der Waals surface area (Å²) in [6.07, 6.45) is 0. The number of hydrogen-bond donors (Lipinski definition) is 1. The molecule has 12 heavy (non-hydrogen) atoms. The summed E-state index contributed by atoms with van der Waals surface area (Å²) < 4.78 is 12.7. The summed E-state index contributed by atoms with van der Waals surface area (Å²) in [4.78, 5) is 0. The van der Waals surface area contributed by atoms with Crippen LogP contribution >= 0.6 is 0 Å². The quantitative estimate of drug-likeness (QED) is 0.656. The molecule has 1 N–H and O–H groups in total. The maximum absolute atomic E-state index is 12.7. The van der Waals surface area contributed by atoms with Gasteiger partial charge < -0.3 is 5.11 Å². The Morgan fingerprint density at radius 1 is 1.42 bits per heavy atom. The predicted molar refractivity (Wildman–Crippen MR) is 49.4 cm³/mol. The number of rotatable bonds is 2. The molecule has 0 aliphatic carbocycles. The third-order valence-corrected chi connectivity index (χ3v) is 1.90. The van der Waals surface area contributed by atoms with Crippen molar-refractivity contribution in [2.75, 3.05) is 0 Å². The average Bonchev–Trinajstić information content (AvgIpc) is 2.03. The van der Waals surface area contributed by atoms with Gasteiger partial charge in [-0.15, -0.1) is 0 Å². The van der Waals surface area contributed by atoms with E-state index in [0.29, 0.717) is 12.3 Å². The highest BCUT2D eigenvalue weighted by molar-refractivity contribution is 6.71. The molecule has 3 heteroatoms. The third-order valence-electron chi connectivity index (χ3n) is 1.90. The van der Waals surface area contributed by atoms with Crippen LogP contribution in [0.15, 0.2) is 18.2 Å². The van der Waals surface area contributed by atoms with E-state index in [9.17, 15) is 4.39 Å². The van der Waals surface area contributed by atoms with Gasteiger partial charge in [0, 0.05) is 0 Å². The molecule has 0 spiro atoms. The minimum absolute atomic E-state index is 0.0920. The molecule has 0 atom stereocenters.